The maximum atomic E-state index is 10.5. The summed E-state index contributed by atoms with van der Waals surface area (Å²) < 4.78 is 0. The van der Waals surface area contributed by atoms with Crippen molar-refractivity contribution in [1.82, 2.24) is 0 Å². The number of hydrogen-bond acceptors (Lipinski definition) is 2. The molecule has 0 heterocycles. The van der Waals surface area contributed by atoms with Crippen molar-refractivity contribution in [2.24, 2.45) is 5.92 Å². The van der Waals surface area contributed by atoms with Crippen LogP contribution in [-0.4, -0.2) is 5.78 Å². The highest BCUT2D eigenvalue weighted by Crippen LogP contribution is 2.02. The fourth-order valence-electron chi connectivity index (χ4n) is 0.696. The van der Waals surface area contributed by atoms with Crippen molar-refractivity contribution in [3.8, 4) is 6.07 Å². The first-order chi connectivity index (χ1) is 5.70. The summed E-state index contributed by atoms with van der Waals surface area (Å²) in [5.41, 5.74) is 2.66. The molecule has 1 atom stereocenters. The Morgan fingerprint density at radius 3 is 2.92 bits per heavy atom. The van der Waals surface area contributed by atoms with E-state index in [-0.39, 0.29) is 0 Å². The van der Waals surface area contributed by atoms with E-state index in [1.54, 1.807) is 6.08 Å². The molecule has 1 unspecified atom stereocenters. The van der Waals surface area contributed by atoms with Gasteiger partial charge in [0, 0.05) is 0 Å². The number of nitriles is 1. The molecule has 0 aromatic heterocycles. The third-order valence-corrected chi connectivity index (χ3v) is 1.29. The molecule has 0 bridgehead atoms. The Labute approximate surface area is 72.5 Å². The van der Waals surface area contributed by atoms with Crippen LogP contribution < -0.4 is 0 Å². The van der Waals surface area contributed by atoms with Crippen LogP contribution in [0.15, 0.2) is 30.5 Å². The normalized spacial score (nSPS) is 11.7. The van der Waals surface area contributed by atoms with Gasteiger partial charge in [-0.15, -0.1) is 5.73 Å². The van der Waals surface area contributed by atoms with E-state index >= 15 is 0 Å². The van der Waals surface area contributed by atoms with Crippen LogP contribution in [0, 0.1) is 17.2 Å². The molecule has 0 N–H and O–H groups in total. The second-order valence-electron chi connectivity index (χ2n) is 2.46. The Hall–Kier alpha value is -1.58. The van der Waals surface area contributed by atoms with Crippen molar-refractivity contribution in [1.29, 1.82) is 5.26 Å². The highest BCUT2D eigenvalue weighted by atomic mass is 16.1. The molecule has 0 amide bonds. The van der Waals surface area contributed by atoms with E-state index in [1.165, 1.54) is 12.1 Å². The number of ketones is 1. The standard InChI is InChI=1S/C10H11NO/c1-3-5-9(2)6-4-7-10(12)8-11/h4-5,7,9H,1,6H2,2H3/b7-4+. The van der Waals surface area contributed by atoms with Crippen molar-refractivity contribution in [2.45, 2.75) is 13.3 Å². The molecule has 0 spiro atoms. The minimum atomic E-state index is -0.509. The lowest BCUT2D eigenvalue weighted by Crippen LogP contribution is -1.88. The van der Waals surface area contributed by atoms with E-state index in [2.05, 4.69) is 12.3 Å². The number of rotatable bonds is 4. The van der Waals surface area contributed by atoms with Gasteiger partial charge in [0.15, 0.2) is 0 Å². The van der Waals surface area contributed by atoms with Crippen molar-refractivity contribution in [3.63, 3.8) is 0 Å². The number of carbonyl (C=O) groups is 1. The van der Waals surface area contributed by atoms with E-state index in [4.69, 9.17) is 5.26 Å². The molecule has 12 heavy (non-hydrogen) atoms. The van der Waals surface area contributed by atoms with Crippen molar-refractivity contribution < 1.29 is 4.79 Å². The van der Waals surface area contributed by atoms with Gasteiger partial charge in [-0.3, -0.25) is 4.79 Å². The monoisotopic (exact) mass is 161 g/mol. The van der Waals surface area contributed by atoms with E-state index in [0.717, 1.165) is 6.42 Å². The molecule has 0 aromatic carbocycles. The quantitative estimate of drug-likeness (QED) is 0.359. The molecule has 2 nitrogen and oxygen atoms in total. The topological polar surface area (TPSA) is 40.9 Å². The predicted molar refractivity (Wildman–Crippen MR) is 47.3 cm³/mol. The summed E-state index contributed by atoms with van der Waals surface area (Å²) in [5.74, 6) is -0.199. The zero-order valence-electron chi connectivity index (χ0n) is 7.08. The lowest BCUT2D eigenvalue weighted by molar-refractivity contribution is -0.109. The molecule has 0 aromatic rings. The second-order valence-corrected chi connectivity index (χ2v) is 2.46. The van der Waals surface area contributed by atoms with E-state index in [1.807, 2.05) is 13.0 Å². The maximum Gasteiger partial charge on any atom is 0.254 e. The zero-order chi connectivity index (χ0) is 9.40. The van der Waals surface area contributed by atoms with Gasteiger partial charge in [-0.25, -0.2) is 0 Å². The molecule has 0 saturated heterocycles. The van der Waals surface area contributed by atoms with E-state index in [0.29, 0.717) is 5.92 Å². The van der Waals surface area contributed by atoms with Gasteiger partial charge >= 0.3 is 0 Å². The molecule has 62 valence electrons. The number of nitrogens with zero attached hydrogens (tertiary/aromatic N) is 1. The Morgan fingerprint density at radius 2 is 2.42 bits per heavy atom. The van der Waals surface area contributed by atoms with Crippen LogP contribution in [0.3, 0.4) is 0 Å². The van der Waals surface area contributed by atoms with Gasteiger partial charge in [0.1, 0.15) is 6.07 Å². The second kappa shape index (κ2) is 6.15. The first-order valence-electron chi connectivity index (χ1n) is 3.67. The minimum absolute atomic E-state index is 0.310. The summed E-state index contributed by atoms with van der Waals surface area (Å²) in [4.78, 5) is 10.5. The van der Waals surface area contributed by atoms with Gasteiger partial charge < -0.3 is 0 Å². The lowest BCUT2D eigenvalue weighted by atomic mass is 10.1. The first kappa shape index (κ1) is 10.4. The summed E-state index contributed by atoms with van der Waals surface area (Å²) in [6, 6.07) is 1.51. The van der Waals surface area contributed by atoms with Gasteiger partial charge in [-0.2, -0.15) is 5.26 Å². The Kier molecular flexibility index (Phi) is 5.34. The molecule has 0 aliphatic rings. The molecular weight excluding hydrogens is 150 g/mol. The third-order valence-electron chi connectivity index (χ3n) is 1.29. The zero-order valence-corrected chi connectivity index (χ0v) is 7.08. The first-order valence-corrected chi connectivity index (χ1v) is 3.67. The number of allylic oxidation sites excluding steroid dienone is 3. The van der Waals surface area contributed by atoms with Crippen LogP contribution in [0.25, 0.3) is 0 Å². The van der Waals surface area contributed by atoms with Crippen LogP contribution in [0.4, 0.5) is 0 Å². The average Bonchev–Trinajstić information content (AvgIpc) is 2.04. The summed E-state index contributed by atoms with van der Waals surface area (Å²) in [7, 11) is 0. The number of carbonyl (C=O) groups excluding carboxylic acids is 1. The van der Waals surface area contributed by atoms with Gasteiger partial charge in [-0.05, 0) is 24.5 Å². The van der Waals surface area contributed by atoms with Crippen LogP contribution in [0.2, 0.25) is 0 Å². The number of hydrogen-bond donors (Lipinski definition) is 0. The lowest BCUT2D eigenvalue weighted by Gasteiger charge is -1.96. The van der Waals surface area contributed by atoms with Gasteiger partial charge in [0.05, 0.1) is 0 Å². The molecule has 0 aliphatic carbocycles. The molecule has 0 radical (unpaired) electrons. The summed E-state index contributed by atoms with van der Waals surface area (Å²) in [5, 5.41) is 8.12. The highest BCUT2D eigenvalue weighted by molar-refractivity contribution is 6.02. The molecular formula is C10H11NO. The maximum absolute atomic E-state index is 10.5. The summed E-state index contributed by atoms with van der Waals surface area (Å²) in [6.45, 7) is 5.42. The minimum Gasteiger partial charge on any atom is -0.278 e. The fraction of sp³-hybridized carbons (Fsp3) is 0.300. The summed E-state index contributed by atoms with van der Waals surface area (Å²) in [6.07, 6.45) is 5.52. The molecule has 0 saturated carbocycles. The Balaban J connectivity index is 3.84. The van der Waals surface area contributed by atoms with Crippen molar-refractivity contribution in [3.05, 3.63) is 30.5 Å². The predicted octanol–water partition coefficient (Wildman–Crippen LogP) is 2.00. The van der Waals surface area contributed by atoms with E-state index < -0.39 is 5.78 Å². The van der Waals surface area contributed by atoms with Crippen LogP contribution in [-0.2, 0) is 4.79 Å². The molecule has 0 aliphatic heterocycles. The van der Waals surface area contributed by atoms with E-state index in [9.17, 15) is 4.79 Å². The van der Waals surface area contributed by atoms with Gasteiger partial charge in [0.2, 0.25) is 0 Å². The molecule has 0 fully saturated rings. The average molecular weight is 161 g/mol. The molecule has 2 heteroatoms. The van der Waals surface area contributed by atoms with Crippen molar-refractivity contribution >= 4 is 5.78 Å². The summed E-state index contributed by atoms with van der Waals surface area (Å²) >= 11 is 0. The highest BCUT2D eigenvalue weighted by Gasteiger charge is 1.93. The van der Waals surface area contributed by atoms with Crippen LogP contribution >= 0.6 is 0 Å². The molecule has 0 rings (SSSR count). The third kappa shape index (κ3) is 5.22. The van der Waals surface area contributed by atoms with Crippen LogP contribution in [0.5, 0.6) is 0 Å². The Morgan fingerprint density at radius 1 is 1.75 bits per heavy atom. The van der Waals surface area contributed by atoms with Crippen molar-refractivity contribution in [2.75, 3.05) is 0 Å². The SMILES string of the molecule is C=C=CC(C)C/C=C/C(=O)C#N. The fourth-order valence-corrected chi connectivity index (χ4v) is 0.696. The Bertz CT molecular complexity index is 264. The smallest absolute Gasteiger partial charge is 0.254 e. The van der Waals surface area contributed by atoms with Gasteiger partial charge in [0.25, 0.3) is 5.78 Å². The van der Waals surface area contributed by atoms with Crippen LogP contribution in [0.1, 0.15) is 13.3 Å². The van der Waals surface area contributed by atoms with Gasteiger partial charge in [-0.1, -0.05) is 19.6 Å². The largest absolute Gasteiger partial charge is 0.278 e.